The second-order valence-electron chi connectivity index (χ2n) is 5.07. The third-order valence-corrected chi connectivity index (χ3v) is 3.61. The summed E-state index contributed by atoms with van der Waals surface area (Å²) in [5.74, 6) is 0.806. The van der Waals surface area contributed by atoms with Crippen LogP contribution in [0.3, 0.4) is 0 Å². The Hall–Kier alpha value is -2.27. The molecule has 122 valence electrons. The molecule has 0 atom stereocenters. The van der Waals surface area contributed by atoms with E-state index in [1.807, 2.05) is 49.4 Å². The number of nitrogens with one attached hydrogen (secondary N) is 2. The number of hydrogen-bond donors (Lipinski definition) is 2. The summed E-state index contributed by atoms with van der Waals surface area (Å²) in [7, 11) is 2.07. The molecule has 0 spiro atoms. The molecule has 4 nitrogen and oxygen atoms in total. The molecule has 0 saturated carbocycles. The van der Waals surface area contributed by atoms with Crippen LogP contribution in [0.4, 0.5) is 11.4 Å². The fourth-order valence-corrected chi connectivity index (χ4v) is 2.38. The van der Waals surface area contributed by atoms with Crippen molar-refractivity contribution in [2.24, 2.45) is 0 Å². The number of rotatable bonds is 7. The van der Waals surface area contributed by atoms with Gasteiger partial charge in [0.25, 0.3) is 0 Å². The van der Waals surface area contributed by atoms with Crippen molar-refractivity contribution in [2.45, 2.75) is 6.92 Å². The predicted molar refractivity (Wildman–Crippen MR) is 102 cm³/mol. The Labute approximate surface area is 143 Å². The SMILES string of the molecule is CCOc1ccccc1NC(=S)NCCN(C)c1ccccc1. The summed E-state index contributed by atoms with van der Waals surface area (Å²) in [4.78, 5) is 2.18. The van der Waals surface area contributed by atoms with Gasteiger partial charge in [-0.3, -0.25) is 0 Å². The van der Waals surface area contributed by atoms with E-state index in [9.17, 15) is 0 Å². The third-order valence-electron chi connectivity index (χ3n) is 3.36. The highest BCUT2D eigenvalue weighted by Crippen LogP contribution is 2.23. The standard InChI is InChI=1S/C18H23N3OS/c1-3-22-17-12-8-7-11-16(17)20-18(23)19-13-14-21(2)15-9-5-4-6-10-15/h4-12H,3,13-14H2,1-2H3,(H2,19,20,23). The molecule has 0 saturated heterocycles. The van der Waals surface area contributed by atoms with E-state index in [-0.39, 0.29) is 0 Å². The average Bonchev–Trinajstić information content (AvgIpc) is 2.57. The van der Waals surface area contributed by atoms with Gasteiger partial charge in [0.15, 0.2) is 5.11 Å². The van der Waals surface area contributed by atoms with Gasteiger partial charge in [0.1, 0.15) is 5.75 Å². The smallest absolute Gasteiger partial charge is 0.170 e. The van der Waals surface area contributed by atoms with E-state index in [0.717, 1.165) is 24.5 Å². The molecule has 0 heterocycles. The minimum absolute atomic E-state index is 0.596. The van der Waals surface area contributed by atoms with E-state index in [4.69, 9.17) is 17.0 Å². The highest BCUT2D eigenvalue weighted by Gasteiger charge is 2.05. The van der Waals surface area contributed by atoms with Crippen molar-refractivity contribution >= 4 is 28.7 Å². The van der Waals surface area contributed by atoms with Crippen LogP contribution in [0.5, 0.6) is 5.75 Å². The molecule has 2 aromatic carbocycles. The van der Waals surface area contributed by atoms with Gasteiger partial charge in [-0.1, -0.05) is 30.3 Å². The highest BCUT2D eigenvalue weighted by atomic mass is 32.1. The first kappa shape index (κ1) is 17.1. The van der Waals surface area contributed by atoms with Crippen LogP contribution >= 0.6 is 12.2 Å². The van der Waals surface area contributed by atoms with Gasteiger partial charge in [0.2, 0.25) is 0 Å². The van der Waals surface area contributed by atoms with Crippen LogP contribution in [0.1, 0.15) is 6.92 Å². The second kappa shape index (κ2) is 9.00. The first-order chi connectivity index (χ1) is 11.2. The van der Waals surface area contributed by atoms with Gasteiger partial charge in [0, 0.05) is 25.8 Å². The molecule has 2 aromatic rings. The van der Waals surface area contributed by atoms with Crippen LogP contribution in [0.15, 0.2) is 54.6 Å². The lowest BCUT2D eigenvalue weighted by atomic mass is 10.3. The molecule has 0 bridgehead atoms. The Bertz CT molecular complexity index is 619. The van der Waals surface area contributed by atoms with Crippen molar-refractivity contribution in [1.82, 2.24) is 5.32 Å². The summed E-state index contributed by atoms with van der Waals surface area (Å²) in [6.07, 6.45) is 0. The maximum absolute atomic E-state index is 5.58. The number of benzene rings is 2. The van der Waals surface area contributed by atoms with Gasteiger partial charge in [0.05, 0.1) is 12.3 Å². The van der Waals surface area contributed by atoms with Gasteiger partial charge in [-0.15, -0.1) is 0 Å². The summed E-state index contributed by atoms with van der Waals surface area (Å²) in [6.45, 7) is 4.21. The second-order valence-corrected chi connectivity index (χ2v) is 5.48. The lowest BCUT2D eigenvalue weighted by molar-refractivity contribution is 0.342. The van der Waals surface area contributed by atoms with Crippen LogP contribution in [-0.2, 0) is 0 Å². The Morgan fingerprint density at radius 1 is 1.09 bits per heavy atom. The van der Waals surface area contributed by atoms with Crippen molar-refractivity contribution < 1.29 is 4.74 Å². The first-order valence-electron chi connectivity index (χ1n) is 7.73. The maximum atomic E-state index is 5.58. The highest BCUT2D eigenvalue weighted by molar-refractivity contribution is 7.80. The van der Waals surface area contributed by atoms with Crippen molar-refractivity contribution in [3.63, 3.8) is 0 Å². The molecule has 23 heavy (non-hydrogen) atoms. The van der Waals surface area contributed by atoms with Crippen LogP contribution in [0, 0.1) is 0 Å². The lowest BCUT2D eigenvalue weighted by Crippen LogP contribution is -2.35. The minimum Gasteiger partial charge on any atom is -0.492 e. The molecular formula is C18H23N3OS. The summed E-state index contributed by atoms with van der Waals surface area (Å²) in [5.41, 5.74) is 2.07. The number of nitrogens with zero attached hydrogens (tertiary/aromatic N) is 1. The molecule has 0 aliphatic carbocycles. The fraction of sp³-hybridized carbons (Fsp3) is 0.278. The van der Waals surface area contributed by atoms with Gasteiger partial charge < -0.3 is 20.3 Å². The average molecular weight is 329 g/mol. The van der Waals surface area contributed by atoms with E-state index in [1.165, 1.54) is 5.69 Å². The maximum Gasteiger partial charge on any atom is 0.170 e. The molecule has 0 aromatic heterocycles. The summed E-state index contributed by atoms with van der Waals surface area (Å²) in [5, 5.41) is 7.01. The topological polar surface area (TPSA) is 36.5 Å². The molecule has 0 aliphatic heterocycles. The molecule has 0 fully saturated rings. The summed E-state index contributed by atoms with van der Waals surface area (Å²) >= 11 is 5.35. The van der Waals surface area contributed by atoms with Crippen LogP contribution in [0.2, 0.25) is 0 Å². The molecule has 2 N–H and O–H groups in total. The molecule has 0 aliphatic rings. The van der Waals surface area contributed by atoms with Crippen molar-refractivity contribution in [3.8, 4) is 5.75 Å². The summed E-state index contributed by atoms with van der Waals surface area (Å²) < 4.78 is 5.58. The van der Waals surface area contributed by atoms with Crippen LogP contribution in [0.25, 0.3) is 0 Å². The number of thiocarbonyl (C=S) groups is 1. The zero-order valence-corrected chi connectivity index (χ0v) is 14.4. The van der Waals surface area contributed by atoms with Crippen LogP contribution < -0.4 is 20.3 Å². The number of hydrogen-bond acceptors (Lipinski definition) is 3. The van der Waals surface area contributed by atoms with Gasteiger partial charge in [-0.05, 0) is 43.4 Å². The van der Waals surface area contributed by atoms with Crippen molar-refractivity contribution in [3.05, 3.63) is 54.6 Å². The fourth-order valence-electron chi connectivity index (χ4n) is 2.17. The Balaban J connectivity index is 1.79. The van der Waals surface area contributed by atoms with E-state index in [1.54, 1.807) is 0 Å². The molecular weight excluding hydrogens is 306 g/mol. The first-order valence-corrected chi connectivity index (χ1v) is 8.14. The van der Waals surface area contributed by atoms with Crippen LogP contribution in [-0.4, -0.2) is 31.9 Å². The normalized spacial score (nSPS) is 10.0. The molecule has 5 heteroatoms. The van der Waals surface area contributed by atoms with E-state index in [2.05, 4.69) is 34.7 Å². The molecule has 0 amide bonds. The number of ether oxygens (including phenoxy) is 1. The molecule has 2 rings (SSSR count). The zero-order chi connectivity index (χ0) is 16.5. The lowest BCUT2D eigenvalue weighted by Gasteiger charge is -2.20. The number of likely N-dealkylation sites (N-methyl/N-ethyl adjacent to an activating group) is 1. The summed E-state index contributed by atoms with van der Waals surface area (Å²) in [6, 6.07) is 18.1. The van der Waals surface area contributed by atoms with Gasteiger partial charge in [-0.25, -0.2) is 0 Å². The van der Waals surface area contributed by atoms with E-state index >= 15 is 0 Å². The van der Waals surface area contributed by atoms with E-state index in [0.29, 0.717) is 11.7 Å². The third kappa shape index (κ3) is 5.45. The van der Waals surface area contributed by atoms with Gasteiger partial charge in [-0.2, -0.15) is 0 Å². The number of para-hydroxylation sites is 3. The predicted octanol–water partition coefficient (Wildman–Crippen LogP) is 3.51. The van der Waals surface area contributed by atoms with Gasteiger partial charge >= 0.3 is 0 Å². The molecule has 0 unspecified atom stereocenters. The Kier molecular flexibility index (Phi) is 6.69. The minimum atomic E-state index is 0.596. The molecule has 0 radical (unpaired) electrons. The number of anilines is 2. The zero-order valence-electron chi connectivity index (χ0n) is 13.6. The Morgan fingerprint density at radius 2 is 1.78 bits per heavy atom. The largest absolute Gasteiger partial charge is 0.492 e. The quantitative estimate of drug-likeness (QED) is 0.760. The monoisotopic (exact) mass is 329 g/mol. The Morgan fingerprint density at radius 3 is 2.52 bits per heavy atom. The van der Waals surface area contributed by atoms with Crippen molar-refractivity contribution in [1.29, 1.82) is 0 Å². The van der Waals surface area contributed by atoms with Crippen molar-refractivity contribution in [2.75, 3.05) is 37.0 Å². The van der Waals surface area contributed by atoms with E-state index < -0.39 is 0 Å².